The van der Waals surface area contributed by atoms with Gasteiger partial charge in [-0.1, -0.05) is 42.5 Å². The van der Waals surface area contributed by atoms with Gasteiger partial charge < -0.3 is 14.3 Å². The highest BCUT2D eigenvalue weighted by molar-refractivity contribution is 6.07. The van der Waals surface area contributed by atoms with Crippen LogP contribution in [-0.2, 0) is 0 Å². The summed E-state index contributed by atoms with van der Waals surface area (Å²) in [5.74, 6) is 0.699. The Kier molecular flexibility index (Phi) is 5.11. The summed E-state index contributed by atoms with van der Waals surface area (Å²) in [7, 11) is 0. The number of rotatable bonds is 5. The molecule has 0 fully saturated rings. The summed E-state index contributed by atoms with van der Waals surface area (Å²) < 4.78 is 11.0. The van der Waals surface area contributed by atoms with Crippen LogP contribution in [0.25, 0.3) is 11.0 Å². The molecule has 0 unspecified atom stereocenters. The fraction of sp³-hybridized carbons (Fsp3) is 0.154. The highest BCUT2D eigenvalue weighted by Crippen LogP contribution is 2.38. The van der Waals surface area contributed by atoms with Gasteiger partial charge in [-0.25, -0.2) is 4.79 Å². The van der Waals surface area contributed by atoms with Crippen molar-refractivity contribution in [2.24, 2.45) is 5.10 Å². The van der Waals surface area contributed by atoms with E-state index in [4.69, 9.17) is 14.3 Å². The maximum absolute atomic E-state index is 12.8. The van der Waals surface area contributed by atoms with Crippen LogP contribution >= 0.6 is 0 Å². The number of ether oxygens (including phenoxy) is 1. The highest BCUT2D eigenvalue weighted by Gasteiger charge is 2.33. The number of hydrogen-bond donors (Lipinski definition) is 1. The summed E-state index contributed by atoms with van der Waals surface area (Å²) in [6.07, 6.45) is 0.444. The van der Waals surface area contributed by atoms with E-state index < -0.39 is 5.63 Å². The van der Waals surface area contributed by atoms with Gasteiger partial charge in [-0.15, -0.1) is 0 Å². The van der Waals surface area contributed by atoms with Crippen molar-refractivity contribution < 1.29 is 14.3 Å². The number of hydrazone groups is 1. The molecule has 1 aromatic heterocycles. The predicted octanol–water partition coefficient (Wildman–Crippen LogP) is 5.25. The second-order valence-corrected chi connectivity index (χ2v) is 7.56. The molecule has 0 aliphatic carbocycles. The second kappa shape index (κ2) is 8.23. The van der Waals surface area contributed by atoms with Crippen molar-refractivity contribution in [3.8, 4) is 11.5 Å². The van der Waals surface area contributed by atoms with Crippen LogP contribution in [0.4, 0.5) is 5.69 Å². The Morgan fingerprint density at radius 2 is 1.75 bits per heavy atom. The molecule has 0 bridgehead atoms. The van der Waals surface area contributed by atoms with Gasteiger partial charge in [0.05, 0.1) is 29.4 Å². The van der Waals surface area contributed by atoms with Crippen LogP contribution in [0, 0.1) is 0 Å². The Hall–Kier alpha value is -4.06. The average Bonchev–Trinajstić information content (AvgIpc) is 3.25. The SMILES string of the molecule is CCOc1ccc([C@@H]2CC(c3c(O)c4ccccc4oc3=O)=NN2c2ccccc2)cc1. The third-order valence-electron chi connectivity index (χ3n) is 5.58. The normalized spacial score (nSPS) is 15.7. The molecule has 0 radical (unpaired) electrons. The van der Waals surface area contributed by atoms with Gasteiger partial charge in [0.25, 0.3) is 0 Å². The van der Waals surface area contributed by atoms with Crippen molar-refractivity contribution >= 4 is 22.4 Å². The zero-order valence-corrected chi connectivity index (χ0v) is 17.6. The number of nitrogens with zero attached hydrogens (tertiary/aromatic N) is 2. The van der Waals surface area contributed by atoms with Gasteiger partial charge in [-0.2, -0.15) is 5.10 Å². The van der Waals surface area contributed by atoms with Crippen LogP contribution < -0.4 is 15.4 Å². The van der Waals surface area contributed by atoms with Crippen LogP contribution in [0.2, 0.25) is 0 Å². The van der Waals surface area contributed by atoms with E-state index in [9.17, 15) is 9.90 Å². The van der Waals surface area contributed by atoms with Crippen molar-refractivity contribution in [1.82, 2.24) is 0 Å². The van der Waals surface area contributed by atoms with Gasteiger partial charge in [-0.3, -0.25) is 5.01 Å². The molecule has 5 rings (SSSR count). The molecule has 0 spiro atoms. The Balaban J connectivity index is 1.60. The van der Waals surface area contributed by atoms with Gasteiger partial charge >= 0.3 is 5.63 Å². The van der Waals surface area contributed by atoms with Crippen molar-refractivity contribution in [3.05, 3.63) is 100 Å². The van der Waals surface area contributed by atoms with E-state index in [1.165, 1.54) is 0 Å². The third-order valence-corrected chi connectivity index (χ3v) is 5.58. The molecule has 32 heavy (non-hydrogen) atoms. The Morgan fingerprint density at radius 3 is 2.50 bits per heavy atom. The van der Waals surface area contributed by atoms with Gasteiger partial charge in [-0.05, 0) is 48.9 Å². The van der Waals surface area contributed by atoms with E-state index in [2.05, 4.69) is 0 Å². The van der Waals surface area contributed by atoms with E-state index in [1.807, 2.05) is 66.5 Å². The third kappa shape index (κ3) is 3.50. The molecule has 4 aromatic rings. The first kappa shape index (κ1) is 19.9. The van der Waals surface area contributed by atoms with Crippen molar-refractivity contribution in [1.29, 1.82) is 0 Å². The van der Waals surface area contributed by atoms with Crippen LogP contribution in [0.3, 0.4) is 0 Å². The molecule has 0 saturated carbocycles. The first-order chi connectivity index (χ1) is 15.7. The van der Waals surface area contributed by atoms with E-state index in [0.717, 1.165) is 17.0 Å². The predicted molar refractivity (Wildman–Crippen MR) is 125 cm³/mol. The number of para-hydroxylation sites is 2. The van der Waals surface area contributed by atoms with Gasteiger partial charge in [0.2, 0.25) is 0 Å². The largest absolute Gasteiger partial charge is 0.506 e. The average molecular weight is 426 g/mol. The van der Waals surface area contributed by atoms with Crippen molar-refractivity contribution in [2.75, 3.05) is 11.6 Å². The van der Waals surface area contributed by atoms with Crippen LogP contribution in [0.5, 0.6) is 11.5 Å². The quantitative estimate of drug-likeness (QED) is 0.441. The molecule has 6 nitrogen and oxygen atoms in total. The lowest BCUT2D eigenvalue weighted by Crippen LogP contribution is -2.18. The van der Waals surface area contributed by atoms with Gasteiger partial charge in [0, 0.05) is 6.42 Å². The smallest absolute Gasteiger partial charge is 0.349 e. The molecule has 160 valence electrons. The molecule has 6 heteroatoms. The highest BCUT2D eigenvalue weighted by atomic mass is 16.5. The van der Waals surface area contributed by atoms with Crippen molar-refractivity contribution in [2.45, 2.75) is 19.4 Å². The summed E-state index contributed by atoms with van der Waals surface area (Å²) in [6.45, 7) is 2.55. The molecular formula is C26H22N2O4. The molecule has 1 aliphatic rings. The minimum atomic E-state index is -0.597. The first-order valence-electron chi connectivity index (χ1n) is 10.6. The lowest BCUT2D eigenvalue weighted by molar-refractivity contribution is 0.340. The molecule has 1 atom stereocenters. The van der Waals surface area contributed by atoms with Gasteiger partial charge in [0.1, 0.15) is 22.6 Å². The monoisotopic (exact) mass is 426 g/mol. The standard InChI is InChI=1S/C26H22N2O4/c1-2-31-19-14-12-17(13-15-19)22-16-21(27-28(22)18-8-4-3-5-9-18)24-25(29)20-10-6-7-11-23(20)32-26(24)30/h3-15,22,29H,2,16H2,1H3/t22-/m0/s1. The summed E-state index contributed by atoms with van der Waals surface area (Å²) in [4.78, 5) is 12.8. The number of aromatic hydroxyl groups is 1. The Bertz CT molecular complexity index is 1340. The number of benzene rings is 3. The summed E-state index contributed by atoms with van der Waals surface area (Å²) >= 11 is 0. The number of anilines is 1. The lowest BCUT2D eigenvalue weighted by atomic mass is 9.97. The topological polar surface area (TPSA) is 75.3 Å². The minimum Gasteiger partial charge on any atom is -0.506 e. The van der Waals surface area contributed by atoms with E-state index >= 15 is 0 Å². The van der Waals surface area contributed by atoms with Crippen LogP contribution in [0.1, 0.15) is 30.5 Å². The van der Waals surface area contributed by atoms with Crippen molar-refractivity contribution in [3.63, 3.8) is 0 Å². The molecule has 0 saturated heterocycles. The fourth-order valence-corrected chi connectivity index (χ4v) is 4.08. The maximum atomic E-state index is 12.8. The lowest BCUT2D eigenvalue weighted by Gasteiger charge is -2.24. The maximum Gasteiger partial charge on any atom is 0.349 e. The summed E-state index contributed by atoms with van der Waals surface area (Å²) in [5, 5.41) is 18.1. The zero-order chi connectivity index (χ0) is 22.1. The number of fused-ring (bicyclic) bond motifs is 1. The molecule has 1 aliphatic heterocycles. The van der Waals surface area contributed by atoms with Crippen LogP contribution in [-0.4, -0.2) is 17.4 Å². The molecule has 2 heterocycles. The molecule has 3 aromatic carbocycles. The first-order valence-corrected chi connectivity index (χ1v) is 10.6. The molecule has 0 amide bonds. The van der Waals surface area contributed by atoms with E-state index in [0.29, 0.717) is 29.7 Å². The summed E-state index contributed by atoms with van der Waals surface area (Å²) in [6, 6.07) is 24.4. The second-order valence-electron chi connectivity index (χ2n) is 7.56. The fourth-order valence-electron chi connectivity index (χ4n) is 4.08. The van der Waals surface area contributed by atoms with E-state index in [-0.39, 0.29) is 17.4 Å². The molecule has 1 N–H and O–H groups in total. The van der Waals surface area contributed by atoms with Crippen LogP contribution in [0.15, 0.2) is 93.2 Å². The summed E-state index contributed by atoms with van der Waals surface area (Å²) in [5.41, 5.74) is 2.27. The molecular weight excluding hydrogens is 404 g/mol. The van der Waals surface area contributed by atoms with E-state index in [1.54, 1.807) is 24.3 Å². The Morgan fingerprint density at radius 1 is 1.03 bits per heavy atom. The number of hydrogen-bond acceptors (Lipinski definition) is 6. The minimum absolute atomic E-state index is 0.101. The van der Waals surface area contributed by atoms with Gasteiger partial charge in [0.15, 0.2) is 0 Å². The zero-order valence-electron chi connectivity index (χ0n) is 17.6. The Labute approximate surface area is 185 Å².